The van der Waals surface area contributed by atoms with E-state index in [9.17, 15) is 9.90 Å². The van der Waals surface area contributed by atoms with Crippen LogP contribution >= 0.6 is 0 Å². The van der Waals surface area contributed by atoms with Crippen molar-refractivity contribution in [3.63, 3.8) is 0 Å². The molecule has 1 unspecified atom stereocenters. The summed E-state index contributed by atoms with van der Waals surface area (Å²) in [7, 11) is 0. The first-order valence-corrected chi connectivity index (χ1v) is 5.19. The van der Waals surface area contributed by atoms with Crippen molar-refractivity contribution >= 4 is 11.6 Å². The predicted octanol–water partition coefficient (Wildman–Crippen LogP) is 1.13. The zero-order valence-corrected chi connectivity index (χ0v) is 8.56. The van der Waals surface area contributed by atoms with Gasteiger partial charge in [-0.25, -0.2) is 0 Å². The van der Waals surface area contributed by atoms with E-state index in [0.717, 1.165) is 6.42 Å². The second-order valence-electron chi connectivity index (χ2n) is 3.92. The average molecular weight is 217 g/mol. The largest absolute Gasteiger partial charge is 0.494 e. The number of rotatable bonds is 1. The van der Waals surface area contributed by atoms with E-state index in [-0.39, 0.29) is 0 Å². The molecule has 0 spiro atoms. The Kier molecular flexibility index (Phi) is 1.82. The van der Waals surface area contributed by atoms with Crippen molar-refractivity contribution in [1.29, 1.82) is 0 Å². The van der Waals surface area contributed by atoms with Crippen molar-refractivity contribution in [3.8, 4) is 0 Å². The quantitative estimate of drug-likeness (QED) is 0.741. The third kappa shape index (κ3) is 1.05. The molecule has 2 aliphatic rings. The highest BCUT2D eigenvalue weighted by Crippen LogP contribution is 2.42. The van der Waals surface area contributed by atoms with E-state index in [4.69, 9.17) is 4.74 Å². The molecule has 82 valence electrons. The molecule has 4 nitrogen and oxygen atoms in total. The van der Waals surface area contributed by atoms with Gasteiger partial charge in [-0.3, -0.25) is 4.79 Å². The van der Waals surface area contributed by atoms with E-state index in [1.54, 1.807) is 24.3 Å². The van der Waals surface area contributed by atoms with E-state index < -0.39 is 11.5 Å². The van der Waals surface area contributed by atoms with Crippen molar-refractivity contribution in [2.75, 3.05) is 11.9 Å². The maximum absolute atomic E-state index is 11.9. The van der Waals surface area contributed by atoms with Gasteiger partial charge >= 0.3 is 0 Å². The highest BCUT2D eigenvalue weighted by atomic mass is 16.5. The van der Waals surface area contributed by atoms with Crippen LogP contribution in [0.1, 0.15) is 12.0 Å². The molecule has 0 saturated carbocycles. The van der Waals surface area contributed by atoms with Gasteiger partial charge in [0.2, 0.25) is 5.60 Å². The maximum Gasteiger partial charge on any atom is 0.269 e. The van der Waals surface area contributed by atoms with Gasteiger partial charge < -0.3 is 15.2 Å². The lowest BCUT2D eigenvalue weighted by atomic mass is 9.93. The first-order valence-electron chi connectivity index (χ1n) is 5.19. The Morgan fingerprint density at radius 2 is 2.19 bits per heavy atom. The fraction of sp³-hybridized carbons (Fsp3) is 0.250. The molecule has 16 heavy (non-hydrogen) atoms. The molecule has 1 atom stereocenters. The van der Waals surface area contributed by atoms with Crippen molar-refractivity contribution in [3.05, 3.63) is 41.7 Å². The molecule has 1 amide bonds. The van der Waals surface area contributed by atoms with Gasteiger partial charge in [0.05, 0.1) is 6.61 Å². The Hall–Kier alpha value is -1.81. The Balaban J connectivity index is 2.16. The number of benzene rings is 1. The number of hydrogen-bond donors (Lipinski definition) is 2. The minimum Gasteiger partial charge on any atom is -0.494 e. The smallest absolute Gasteiger partial charge is 0.269 e. The van der Waals surface area contributed by atoms with Gasteiger partial charge in [-0.1, -0.05) is 18.2 Å². The van der Waals surface area contributed by atoms with Crippen molar-refractivity contribution < 1.29 is 14.6 Å². The number of carbonyl (C=O) groups excluding carboxylic acids is 1. The summed E-state index contributed by atoms with van der Waals surface area (Å²) in [5.74, 6) is -0.100. The Bertz CT molecular complexity index is 495. The summed E-state index contributed by atoms with van der Waals surface area (Å²) >= 11 is 0. The molecular formula is C12H11NO3. The van der Waals surface area contributed by atoms with Crippen LogP contribution in [0, 0.1) is 0 Å². The first-order chi connectivity index (χ1) is 7.73. The number of carbonyl (C=O) groups is 1. The lowest BCUT2D eigenvalue weighted by Crippen LogP contribution is -2.36. The molecule has 0 radical (unpaired) electrons. The summed E-state index contributed by atoms with van der Waals surface area (Å²) in [4.78, 5) is 11.9. The van der Waals surface area contributed by atoms with Gasteiger partial charge in [0.1, 0.15) is 5.76 Å². The van der Waals surface area contributed by atoms with E-state index in [2.05, 4.69) is 5.32 Å². The summed E-state index contributed by atoms with van der Waals surface area (Å²) in [6.45, 7) is 0.521. The molecule has 4 heteroatoms. The van der Waals surface area contributed by atoms with Crippen LogP contribution in [0.2, 0.25) is 0 Å². The number of fused-ring (bicyclic) bond motifs is 1. The third-order valence-electron chi connectivity index (χ3n) is 2.96. The Morgan fingerprint density at radius 3 is 2.94 bits per heavy atom. The first kappa shape index (κ1) is 9.42. The molecule has 0 fully saturated rings. The van der Waals surface area contributed by atoms with Crippen LogP contribution in [-0.4, -0.2) is 17.6 Å². The molecule has 2 aliphatic heterocycles. The van der Waals surface area contributed by atoms with Gasteiger partial charge in [0.25, 0.3) is 5.91 Å². The fourth-order valence-corrected chi connectivity index (χ4v) is 2.16. The number of hydrogen-bond acceptors (Lipinski definition) is 3. The molecule has 1 aromatic rings. The van der Waals surface area contributed by atoms with Crippen LogP contribution in [0.3, 0.4) is 0 Å². The van der Waals surface area contributed by atoms with E-state index in [0.29, 0.717) is 23.6 Å². The van der Waals surface area contributed by atoms with Gasteiger partial charge in [-0.05, 0) is 12.1 Å². The van der Waals surface area contributed by atoms with Gasteiger partial charge in [-0.15, -0.1) is 0 Å². The predicted molar refractivity (Wildman–Crippen MR) is 57.6 cm³/mol. The highest BCUT2D eigenvalue weighted by Gasteiger charge is 2.50. The summed E-state index contributed by atoms with van der Waals surface area (Å²) in [5.41, 5.74) is -0.438. The normalized spacial score (nSPS) is 27.1. The number of aliphatic hydroxyl groups is 1. The third-order valence-corrected chi connectivity index (χ3v) is 2.96. The van der Waals surface area contributed by atoms with Crippen LogP contribution in [0.25, 0.3) is 0 Å². The molecule has 0 saturated heterocycles. The summed E-state index contributed by atoms with van der Waals surface area (Å²) in [6, 6.07) is 7.10. The Morgan fingerprint density at radius 1 is 1.38 bits per heavy atom. The van der Waals surface area contributed by atoms with E-state index in [1.165, 1.54) is 0 Å². The van der Waals surface area contributed by atoms with Crippen LogP contribution in [0.5, 0.6) is 0 Å². The lowest BCUT2D eigenvalue weighted by molar-refractivity contribution is -0.133. The van der Waals surface area contributed by atoms with Crippen LogP contribution in [0.4, 0.5) is 5.69 Å². The number of para-hydroxylation sites is 1. The highest BCUT2D eigenvalue weighted by molar-refractivity contribution is 6.06. The number of amides is 1. The maximum atomic E-state index is 11.9. The zero-order valence-electron chi connectivity index (χ0n) is 8.56. The van der Waals surface area contributed by atoms with Crippen molar-refractivity contribution in [2.24, 2.45) is 0 Å². The molecule has 2 N–H and O–H groups in total. The van der Waals surface area contributed by atoms with Crippen LogP contribution in [-0.2, 0) is 15.1 Å². The van der Waals surface area contributed by atoms with Crippen molar-refractivity contribution in [2.45, 2.75) is 12.0 Å². The summed E-state index contributed by atoms with van der Waals surface area (Å²) in [6.07, 6.45) is 2.49. The molecule has 3 rings (SSSR count). The van der Waals surface area contributed by atoms with E-state index in [1.807, 2.05) is 6.07 Å². The fourth-order valence-electron chi connectivity index (χ4n) is 2.16. The molecule has 1 aromatic carbocycles. The second kappa shape index (κ2) is 3.09. The topological polar surface area (TPSA) is 58.6 Å². The minimum absolute atomic E-state index is 0.343. The van der Waals surface area contributed by atoms with Crippen LogP contribution in [0.15, 0.2) is 36.1 Å². The Labute approximate surface area is 92.5 Å². The molecule has 0 bridgehead atoms. The van der Waals surface area contributed by atoms with Gasteiger partial charge in [0.15, 0.2) is 0 Å². The van der Waals surface area contributed by atoms with Gasteiger partial charge in [0, 0.05) is 17.7 Å². The minimum atomic E-state index is -1.65. The SMILES string of the molecule is O=C1Nc2ccccc2C1(O)C1=CCCO1. The van der Waals surface area contributed by atoms with Gasteiger partial charge in [-0.2, -0.15) is 0 Å². The number of anilines is 1. The zero-order chi connectivity index (χ0) is 11.2. The molecule has 0 aromatic heterocycles. The monoisotopic (exact) mass is 217 g/mol. The summed E-state index contributed by atoms with van der Waals surface area (Å²) in [5, 5.41) is 13.2. The molecular weight excluding hydrogens is 206 g/mol. The average Bonchev–Trinajstić information content (AvgIpc) is 2.89. The standard InChI is InChI=1S/C12H11NO3/c14-11-12(15,10-6-3-7-16-10)8-4-1-2-5-9(8)13-11/h1-2,4-6,15H,3,7H2,(H,13,14). The van der Waals surface area contributed by atoms with Crippen molar-refractivity contribution in [1.82, 2.24) is 0 Å². The lowest BCUT2D eigenvalue weighted by Gasteiger charge is -2.21. The van der Waals surface area contributed by atoms with Crippen LogP contribution < -0.4 is 5.32 Å². The molecule has 2 heterocycles. The number of nitrogens with one attached hydrogen (secondary N) is 1. The number of ether oxygens (including phenoxy) is 1. The van der Waals surface area contributed by atoms with E-state index >= 15 is 0 Å². The molecule has 0 aliphatic carbocycles. The summed E-state index contributed by atoms with van der Waals surface area (Å²) < 4.78 is 5.32. The second-order valence-corrected chi connectivity index (χ2v) is 3.92.